The van der Waals surface area contributed by atoms with Crippen molar-refractivity contribution in [3.63, 3.8) is 0 Å². The van der Waals surface area contributed by atoms with Crippen LogP contribution in [0.3, 0.4) is 0 Å². The predicted molar refractivity (Wildman–Crippen MR) is 94.5 cm³/mol. The number of nitrogens with zero attached hydrogens (tertiary/aromatic N) is 2. The molecule has 7 nitrogen and oxygen atoms in total. The molecule has 128 valence electrons. The van der Waals surface area contributed by atoms with Crippen molar-refractivity contribution >= 4 is 22.4 Å². The molecule has 0 aliphatic rings. The number of rotatable bonds is 4. The number of carbonyl (C=O) groups excluding carboxylic acids is 1. The Balaban J connectivity index is 2.07. The van der Waals surface area contributed by atoms with Crippen LogP contribution in [0.15, 0.2) is 47.3 Å². The molecule has 0 atom stereocenters. The summed E-state index contributed by atoms with van der Waals surface area (Å²) in [5.74, 6) is 0.621. The van der Waals surface area contributed by atoms with E-state index in [2.05, 4.69) is 10.4 Å². The third kappa shape index (κ3) is 3.03. The maximum atomic E-state index is 12.8. The van der Waals surface area contributed by atoms with E-state index in [0.29, 0.717) is 28.0 Å². The van der Waals surface area contributed by atoms with Gasteiger partial charge >= 0.3 is 0 Å². The summed E-state index contributed by atoms with van der Waals surface area (Å²) < 4.78 is 11.6. The van der Waals surface area contributed by atoms with Gasteiger partial charge in [0.2, 0.25) is 0 Å². The number of hydrogen-bond donors (Lipinski definition) is 1. The van der Waals surface area contributed by atoms with Gasteiger partial charge in [0, 0.05) is 18.5 Å². The fourth-order valence-corrected chi connectivity index (χ4v) is 2.56. The van der Waals surface area contributed by atoms with Crippen LogP contribution in [0.5, 0.6) is 11.5 Å². The van der Waals surface area contributed by atoms with Gasteiger partial charge in [-0.15, -0.1) is 0 Å². The SMILES string of the molecule is COc1ccc(OC)c(NC(=O)c2nn(C)c(=O)c3ccccc23)c1. The van der Waals surface area contributed by atoms with Crippen LogP contribution in [0.4, 0.5) is 5.69 Å². The molecular formula is C18H17N3O4. The van der Waals surface area contributed by atoms with Crippen molar-refractivity contribution in [2.24, 2.45) is 7.05 Å². The molecule has 0 aliphatic carbocycles. The van der Waals surface area contributed by atoms with Crippen molar-refractivity contribution in [1.29, 1.82) is 0 Å². The Morgan fingerprint density at radius 2 is 1.80 bits per heavy atom. The quantitative estimate of drug-likeness (QED) is 0.788. The van der Waals surface area contributed by atoms with Crippen molar-refractivity contribution in [2.45, 2.75) is 0 Å². The highest BCUT2D eigenvalue weighted by molar-refractivity contribution is 6.11. The van der Waals surface area contributed by atoms with Crippen molar-refractivity contribution in [1.82, 2.24) is 9.78 Å². The average molecular weight is 339 g/mol. The second-order valence-corrected chi connectivity index (χ2v) is 5.34. The van der Waals surface area contributed by atoms with Crippen LogP contribution in [-0.4, -0.2) is 29.9 Å². The molecule has 0 saturated heterocycles. The molecule has 1 heterocycles. The van der Waals surface area contributed by atoms with E-state index < -0.39 is 5.91 Å². The molecule has 3 aromatic rings. The Morgan fingerprint density at radius 1 is 1.08 bits per heavy atom. The van der Waals surface area contributed by atoms with Crippen LogP contribution in [0.25, 0.3) is 10.8 Å². The number of benzene rings is 2. The summed E-state index contributed by atoms with van der Waals surface area (Å²) in [4.78, 5) is 25.0. The molecule has 7 heteroatoms. The van der Waals surface area contributed by atoms with E-state index in [1.165, 1.54) is 21.3 Å². The minimum atomic E-state index is -0.446. The van der Waals surface area contributed by atoms with Gasteiger partial charge in [-0.25, -0.2) is 4.68 Å². The van der Waals surface area contributed by atoms with E-state index in [1.54, 1.807) is 42.5 Å². The number of aryl methyl sites for hydroxylation is 1. The number of ether oxygens (including phenoxy) is 2. The maximum absolute atomic E-state index is 12.8. The normalized spacial score (nSPS) is 10.5. The van der Waals surface area contributed by atoms with E-state index in [1.807, 2.05) is 0 Å². The third-order valence-electron chi connectivity index (χ3n) is 3.83. The Kier molecular flexibility index (Phi) is 4.38. The number of amides is 1. The van der Waals surface area contributed by atoms with Crippen molar-refractivity contribution in [2.75, 3.05) is 19.5 Å². The van der Waals surface area contributed by atoms with Gasteiger partial charge in [-0.2, -0.15) is 5.10 Å². The van der Waals surface area contributed by atoms with Gasteiger partial charge in [0.25, 0.3) is 11.5 Å². The second kappa shape index (κ2) is 6.64. The smallest absolute Gasteiger partial charge is 0.276 e. The number of fused-ring (bicyclic) bond motifs is 1. The van der Waals surface area contributed by atoms with Crippen molar-refractivity contribution in [3.05, 3.63) is 58.5 Å². The van der Waals surface area contributed by atoms with Gasteiger partial charge in [-0.1, -0.05) is 18.2 Å². The predicted octanol–water partition coefficient (Wildman–Crippen LogP) is 2.20. The summed E-state index contributed by atoms with van der Waals surface area (Å²) in [5.41, 5.74) is 0.347. The molecule has 25 heavy (non-hydrogen) atoms. The highest BCUT2D eigenvalue weighted by Crippen LogP contribution is 2.29. The van der Waals surface area contributed by atoms with E-state index in [4.69, 9.17) is 9.47 Å². The Morgan fingerprint density at radius 3 is 2.48 bits per heavy atom. The second-order valence-electron chi connectivity index (χ2n) is 5.34. The number of anilines is 1. The molecule has 2 aromatic carbocycles. The summed E-state index contributed by atoms with van der Waals surface area (Å²) in [5, 5.41) is 7.81. The molecule has 0 saturated carbocycles. The highest BCUT2D eigenvalue weighted by atomic mass is 16.5. The largest absolute Gasteiger partial charge is 0.497 e. The number of carbonyl (C=O) groups is 1. The van der Waals surface area contributed by atoms with Gasteiger partial charge in [0.1, 0.15) is 11.5 Å². The lowest BCUT2D eigenvalue weighted by atomic mass is 10.1. The molecule has 0 fully saturated rings. The lowest BCUT2D eigenvalue weighted by Crippen LogP contribution is -2.25. The van der Waals surface area contributed by atoms with Crippen LogP contribution in [0.1, 0.15) is 10.5 Å². The van der Waals surface area contributed by atoms with Gasteiger partial charge < -0.3 is 14.8 Å². The molecule has 0 radical (unpaired) electrons. The van der Waals surface area contributed by atoms with Crippen LogP contribution in [-0.2, 0) is 7.05 Å². The number of aromatic nitrogens is 2. The lowest BCUT2D eigenvalue weighted by molar-refractivity contribution is 0.102. The Labute approximate surface area is 143 Å². The molecule has 1 aromatic heterocycles. The highest BCUT2D eigenvalue weighted by Gasteiger charge is 2.17. The van der Waals surface area contributed by atoms with Gasteiger partial charge in [-0.05, 0) is 18.2 Å². The fraction of sp³-hybridized carbons (Fsp3) is 0.167. The van der Waals surface area contributed by atoms with Crippen LogP contribution < -0.4 is 20.3 Å². The number of methoxy groups -OCH3 is 2. The Hall–Kier alpha value is -3.35. The average Bonchev–Trinajstić information content (AvgIpc) is 2.64. The van der Waals surface area contributed by atoms with Crippen LogP contribution in [0, 0.1) is 0 Å². The monoisotopic (exact) mass is 339 g/mol. The summed E-state index contributed by atoms with van der Waals surface area (Å²) in [6.45, 7) is 0. The molecular weight excluding hydrogens is 322 g/mol. The van der Waals surface area contributed by atoms with E-state index in [9.17, 15) is 9.59 Å². The minimum Gasteiger partial charge on any atom is -0.497 e. The fourth-order valence-electron chi connectivity index (χ4n) is 2.56. The van der Waals surface area contributed by atoms with E-state index >= 15 is 0 Å². The topological polar surface area (TPSA) is 82.4 Å². The number of hydrogen-bond acceptors (Lipinski definition) is 5. The summed E-state index contributed by atoms with van der Waals surface area (Å²) in [7, 11) is 4.56. The first-order valence-corrected chi connectivity index (χ1v) is 7.54. The van der Waals surface area contributed by atoms with Crippen molar-refractivity contribution < 1.29 is 14.3 Å². The van der Waals surface area contributed by atoms with Gasteiger partial charge in [0.05, 0.1) is 25.3 Å². The summed E-state index contributed by atoms with van der Waals surface area (Å²) in [6, 6.07) is 11.9. The van der Waals surface area contributed by atoms with E-state index in [0.717, 1.165) is 4.68 Å². The first-order chi connectivity index (χ1) is 12.0. The summed E-state index contributed by atoms with van der Waals surface area (Å²) >= 11 is 0. The minimum absolute atomic E-state index is 0.155. The van der Waals surface area contributed by atoms with Crippen molar-refractivity contribution in [3.8, 4) is 11.5 Å². The standard InChI is InChI=1S/C18H17N3O4/c1-21-18(23)13-7-5-4-6-12(13)16(20-21)17(22)19-14-10-11(24-2)8-9-15(14)25-3/h4-10H,1-3H3,(H,19,22). The molecule has 0 aliphatic heterocycles. The zero-order valence-corrected chi connectivity index (χ0v) is 14.1. The molecule has 1 amide bonds. The first kappa shape index (κ1) is 16.5. The Bertz CT molecular complexity index is 1010. The molecule has 0 spiro atoms. The van der Waals surface area contributed by atoms with Gasteiger partial charge in [-0.3, -0.25) is 9.59 Å². The van der Waals surface area contributed by atoms with Crippen LogP contribution in [0.2, 0.25) is 0 Å². The third-order valence-corrected chi connectivity index (χ3v) is 3.83. The van der Waals surface area contributed by atoms with E-state index in [-0.39, 0.29) is 11.3 Å². The first-order valence-electron chi connectivity index (χ1n) is 7.54. The lowest BCUT2D eigenvalue weighted by Gasteiger charge is -2.12. The zero-order chi connectivity index (χ0) is 18.0. The number of nitrogens with one attached hydrogen (secondary N) is 1. The summed E-state index contributed by atoms with van der Waals surface area (Å²) in [6.07, 6.45) is 0. The molecule has 0 bridgehead atoms. The molecule has 1 N–H and O–H groups in total. The zero-order valence-electron chi connectivity index (χ0n) is 14.1. The molecule has 3 rings (SSSR count). The van der Waals surface area contributed by atoms with Gasteiger partial charge in [0.15, 0.2) is 5.69 Å². The van der Waals surface area contributed by atoms with Crippen LogP contribution >= 0.6 is 0 Å². The maximum Gasteiger partial charge on any atom is 0.276 e. The molecule has 0 unspecified atom stereocenters.